The third-order valence-corrected chi connectivity index (χ3v) is 3.88. The van der Waals surface area contributed by atoms with Gasteiger partial charge in [0.1, 0.15) is 11.5 Å². The molecule has 7 nitrogen and oxygen atoms in total. The number of nitrogens with zero attached hydrogens (tertiary/aromatic N) is 1. The van der Waals surface area contributed by atoms with Crippen molar-refractivity contribution >= 4 is 35.3 Å². The molecule has 0 aromatic heterocycles. The summed E-state index contributed by atoms with van der Waals surface area (Å²) in [6, 6.07) is 7.56. The summed E-state index contributed by atoms with van der Waals surface area (Å²) in [5.74, 6) is -1.44. The lowest BCUT2D eigenvalue weighted by Gasteiger charge is -2.11. The number of carbonyl (C=O) groups excluding carboxylic acids is 2. The molecule has 0 aliphatic heterocycles. The van der Waals surface area contributed by atoms with E-state index in [1.54, 1.807) is 18.2 Å². The molecule has 2 aromatic carbocycles. The Bertz CT molecular complexity index is 948. The minimum absolute atomic E-state index is 0.248. The molecule has 154 valence electrons. The van der Waals surface area contributed by atoms with Gasteiger partial charge in [-0.2, -0.15) is 18.3 Å². The van der Waals surface area contributed by atoms with Crippen LogP contribution in [0, 0.1) is 0 Å². The van der Waals surface area contributed by atoms with Crippen LogP contribution in [0.3, 0.4) is 0 Å². The molecule has 0 saturated heterocycles. The van der Waals surface area contributed by atoms with E-state index in [1.807, 2.05) is 10.7 Å². The number of rotatable bonds is 5. The van der Waals surface area contributed by atoms with Gasteiger partial charge in [-0.1, -0.05) is 11.6 Å². The van der Waals surface area contributed by atoms with Gasteiger partial charge in [-0.15, -0.1) is 0 Å². The van der Waals surface area contributed by atoms with Crippen molar-refractivity contribution in [3.8, 4) is 11.5 Å². The molecule has 0 unspecified atom stereocenters. The average Bonchev–Trinajstić information content (AvgIpc) is 2.68. The largest absolute Gasteiger partial charge is 0.497 e. The monoisotopic (exact) mass is 429 g/mol. The van der Waals surface area contributed by atoms with Gasteiger partial charge in [-0.3, -0.25) is 9.59 Å². The minimum atomic E-state index is -4.71. The number of methoxy groups -OCH3 is 2. The zero-order chi connectivity index (χ0) is 21.6. The molecule has 2 rings (SSSR count). The van der Waals surface area contributed by atoms with Crippen LogP contribution in [0.4, 0.5) is 18.9 Å². The summed E-state index contributed by atoms with van der Waals surface area (Å²) in [4.78, 5) is 23.7. The van der Waals surface area contributed by atoms with Crippen LogP contribution in [0.1, 0.15) is 11.1 Å². The molecular formula is C18H15ClF3N3O4. The lowest BCUT2D eigenvalue weighted by Crippen LogP contribution is -2.32. The van der Waals surface area contributed by atoms with E-state index in [1.165, 1.54) is 20.4 Å². The molecule has 0 aliphatic rings. The van der Waals surface area contributed by atoms with Gasteiger partial charge in [-0.25, -0.2) is 5.43 Å². The summed E-state index contributed by atoms with van der Waals surface area (Å²) in [7, 11) is 2.92. The number of ether oxygens (including phenoxy) is 2. The number of halogens is 4. The quantitative estimate of drug-likeness (QED) is 0.433. The first-order valence-corrected chi connectivity index (χ1v) is 8.26. The zero-order valence-electron chi connectivity index (χ0n) is 15.1. The number of carbonyl (C=O) groups is 2. The Morgan fingerprint density at radius 1 is 1.07 bits per heavy atom. The van der Waals surface area contributed by atoms with E-state index < -0.39 is 28.6 Å². The van der Waals surface area contributed by atoms with Gasteiger partial charge in [0.05, 0.1) is 31.0 Å². The number of nitrogens with one attached hydrogen (secondary N) is 2. The molecule has 2 amide bonds. The Morgan fingerprint density at radius 2 is 1.79 bits per heavy atom. The van der Waals surface area contributed by atoms with Gasteiger partial charge < -0.3 is 14.8 Å². The fourth-order valence-corrected chi connectivity index (χ4v) is 2.37. The third kappa shape index (κ3) is 5.85. The second-order valence-corrected chi connectivity index (χ2v) is 5.86. The molecule has 0 atom stereocenters. The molecule has 29 heavy (non-hydrogen) atoms. The zero-order valence-corrected chi connectivity index (χ0v) is 15.9. The first-order valence-electron chi connectivity index (χ1n) is 7.89. The number of hydrogen-bond acceptors (Lipinski definition) is 5. The first kappa shape index (κ1) is 22.0. The number of anilines is 1. The molecular weight excluding hydrogens is 415 g/mol. The number of hydrogen-bond donors (Lipinski definition) is 2. The predicted octanol–water partition coefficient (Wildman–Crippen LogP) is 3.46. The van der Waals surface area contributed by atoms with Crippen LogP contribution < -0.4 is 20.2 Å². The van der Waals surface area contributed by atoms with Crippen LogP contribution in [0.15, 0.2) is 41.5 Å². The second kappa shape index (κ2) is 9.28. The van der Waals surface area contributed by atoms with Crippen molar-refractivity contribution < 1.29 is 32.2 Å². The van der Waals surface area contributed by atoms with Gasteiger partial charge in [0, 0.05) is 17.3 Å². The van der Waals surface area contributed by atoms with Gasteiger partial charge in [-0.05, 0) is 30.3 Å². The maximum Gasteiger partial charge on any atom is 0.417 e. The van der Waals surface area contributed by atoms with Crippen LogP contribution in [0.2, 0.25) is 5.02 Å². The lowest BCUT2D eigenvalue weighted by molar-refractivity contribution is -0.137. The minimum Gasteiger partial charge on any atom is -0.497 e. The smallest absolute Gasteiger partial charge is 0.417 e. The predicted molar refractivity (Wildman–Crippen MR) is 100 cm³/mol. The molecule has 2 N–H and O–H groups in total. The SMILES string of the molecule is COc1ccc(/C=N\NC(=O)C(=O)Nc2ccc(Cl)c(C(F)(F)F)c2)c(OC)c1. The highest BCUT2D eigenvalue weighted by Crippen LogP contribution is 2.36. The molecule has 0 aliphatic carbocycles. The molecule has 0 radical (unpaired) electrons. The van der Waals surface area contributed by atoms with Crippen molar-refractivity contribution in [1.82, 2.24) is 5.43 Å². The topological polar surface area (TPSA) is 89.0 Å². The van der Waals surface area contributed by atoms with E-state index in [9.17, 15) is 22.8 Å². The van der Waals surface area contributed by atoms with E-state index in [4.69, 9.17) is 21.1 Å². The summed E-state index contributed by atoms with van der Waals surface area (Å²) in [6.45, 7) is 0. The Balaban J connectivity index is 2.03. The molecule has 0 spiro atoms. The Labute approximate surface area is 168 Å². The third-order valence-electron chi connectivity index (χ3n) is 3.55. The van der Waals surface area contributed by atoms with Gasteiger partial charge >= 0.3 is 18.0 Å². The maximum absolute atomic E-state index is 12.8. The fraction of sp³-hybridized carbons (Fsp3) is 0.167. The number of hydrazone groups is 1. The van der Waals surface area contributed by atoms with E-state index >= 15 is 0 Å². The summed E-state index contributed by atoms with van der Waals surface area (Å²) in [6.07, 6.45) is -3.48. The molecule has 2 aromatic rings. The van der Waals surface area contributed by atoms with E-state index in [2.05, 4.69) is 5.10 Å². The Morgan fingerprint density at radius 3 is 2.41 bits per heavy atom. The first-order chi connectivity index (χ1) is 13.7. The molecule has 0 bridgehead atoms. The van der Waals surface area contributed by atoms with E-state index in [0.29, 0.717) is 23.1 Å². The number of benzene rings is 2. The molecule has 0 fully saturated rings. The normalized spacial score (nSPS) is 11.2. The van der Waals surface area contributed by atoms with Crippen molar-refractivity contribution in [2.45, 2.75) is 6.18 Å². The Kier molecular flexibility index (Phi) is 7.05. The maximum atomic E-state index is 12.8. The van der Waals surface area contributed by atoms with Crippen molar-refractivity contribution in [3.63, 3.8) is 0 Å². The Hall–Kier alpha value is -3.27. The second-order valence-electron chi connectivity index (χ2n) is 5.45. The molecule has 11 heteroatoms. The molecule has 0 heterocycles. The van der Waals surface area contributed by atoms with Gasteiger partial charge in [0.25, 0.3) is 0 Å². The fourth-order valence-electron chi connectivity index (χ4n) is 2.14. The standard InChI is InChI=1S/C18H15ClF3N3O4/c1-28-12-5-3-10(15(8-12)29-2)9-23-25-17(27)16(26)24-11-4-6-14(19)13(7-11)18(20,21)22/h3-9H,1-2H3,(H,24,26)(H,25,27)/b23-9-. The molecule has 0 saturated carbocycles. The van der Waals surface area contributed by atoms with Gasteiger partial charge in [0.2, 0.25) is 0 Å². The summed E-state index contributed by atoms with van der Waals surface area (Å²) >= 11 is 5.50. The number of amides is 2. The lowest BCUT2D eigenvalue weighted by atomic mass is 10.2. The summed E-state index contributed by atoms with van der Waals surface area (Å²) < 4.78 is 48.8. The van der Waals surface area contributed by atoms with Crippen molar-refractivity contribution in [3.05, 3.63) is 52.5 Å². The van der Waals surface area contributed by atoms with Crippen LogP contribution in [0.25, 0.3) is 0 Å². The van der Waals surface area contributed by atoms with Crippen LogP contribution in [-0.4, -0.2) is 32.2 Å². The van der Waals surface area contributed by atoms with E-state index in [-0.39, 0.29) is 5.69 Å². The average molecular weight is 430 g/mol. The van der Waals surface area contributed by atoms with Crippen LogP contribution in [-0.2, 0) is 15.8 Å². The highest BCUT2D eigenvalue weighted by molar-refractivity contribution is 6.39. The highest BCUT2D eigenvalue weighted by atomic mass is 35.5. The van der Waals surface area contributed by atoms with Gasteiger partial charge in [0.15, 0.2) is 0 Å². The van der Waals surface area contributed by atoms with Crippen LogP contribution >= 0.6 is 11.6 Å². The van der Waals surface area contributed by atoms with Crippen LogP contribution in [0.5, 0.6) is 11.5 Å². The van der Waals surface area contributed by atoms with E-state index in [0.717, 1.165) is 12.1 Å². The highest BCUT2D eigenvalue weighted by Gasteiger charge is 2.33. The summed E-state index contributed by atoms with van der Waals surface area (Å²) in [5.41, 5.74) is 1.07. The van der Waals surface area contributed by atoms with Crippen molar-refractivity contribution in [1.29, 1.82) is 0 Å². The number of alkyl halides is 3. The summed E-state index contributed by atoms with van der Waals surface area (Å²) in [5, 5.41) is 5.15. The van der Waals surface area contributed by atoms with Crippen molar-refractivity contribution in [2.24, 2.45) is 5.10 Å². The van der Waals surface area contributed by atoms with Crippen molar-refractivity contribution in [2.75, 3.05) is 19.5 Å².